The molecule has 4 rings (SSSR count). The van der Waals surface area contributed by atoms with Gasteiger partial charge in [0.15, 0.2) is 11.5 Å². The average molecular weight is 376 g/mol. The molecule has 1 amide bonds. The summed E-state index contributed by atoms with van der Waals surface area (Å²) < 4.78 is 16.9. The summed E-state index contributed by atoms with van der Waals surface area (Å²) in [5.41, 5.74) is 8.26. The second-order valence-corrected chi connectivity index (χ2v) is 6.47. The lowest BCUT2D eigenvalue weighted by Gasteiger charge is -2.30. The molecule has 0 saturated heterocycles. The van der Waals surface area contributed by atoms with Crippen LogP contribution in [0.4, 0.5) is 11.4 Å². The molecule has 0 bridgehead atoms. The van der Waals surface area contributed by atoms with Gasteiger partial charge in [-0.2, -0.15) is 0 Å². The summed E-state index contributed by atoms with van der Waals surface area (Å²) in [6.45, 7) is 2.72. The SMILES string of the molecule is Cc1ccc(OCCN2C(=O)/C(=C\c3ccco3)Oc3cc(N)ccc32)cc1. The van der Waals surface area contributed by atoms with Crippen molar-refractivity contribution in [1.82, 2.24) is 0 Å². The first-order chi connectivity index (χ1) is 13.6. The Labute approximate surface area is 162 Å². The van der Waals surface area contributed by atoms with Gasteiger partial charge in [-0.1, -0.05) is 17.7 Å². The first-order valence-electron chi connectivity index (χ1n) is 8.94. The van der Waals surface area contributed by atoms with E-state index in [1.54, 1.807) is 47.6 Å². The third-order valence-corrected chi connectivity index (χ3v) is 4.37. The summed E-state index contributed by atoms with van der Waals surface area (Å²) in [5.74, 6) is 1.72. The van der Waals surface area contributed by atoms with Gasteiger partial charge in [-0.25, -0.2) is 0 Å². The number of nitrogen functional groups attached to an aromatic ring is 1. The number of carbonyl (C=O) groups excluding carboxylic acids is 1. The van der Waals surface area contributed by atoms with Crippen molar-refractivity contribution in [1.29, 1.82) is 0 Å². The molecule has 0 aliphatic carbocycles. The number of anilines is 2. The average Bonchev–Trinajstić information content (AvgIpc) is 3.19. The normalized spacial score (nSPS) is 14.7. The van der Waals surface area contributed by atoms with Gasteiger partial charge in [0.25, 0.3) is 5.91 Å². The van der Waals surface area contributed by atoms with Crippen LogP contribution in [0.5, 0.6) is 11.5 Å². The van der Waals surface area contributed by atoms with Crippen LogP contribution in [0.25, 0.3) is 6.08 Å². The summed E-state index contributed by atoms with van der Waals surface area (Å²) in [5, 5.41) is 0. The fourth-order valence-corrected chi connectivity index (χ4v) is 2.95. The van der Waals surface area contributed by atoms with Crippen LogP contribution in [0.15, 0.2) is 71.0 Å². The van der Waals surface area contributed by atoms with Crippen molar-refractivity contribution in [2.24, 2.45) is 0 Å². The number of rotatable bonds is 5. The van der Waals surface area contributed by atoms with Crippen LogP contribution in [-0.4, -0.2) is 19.1 Å². The van der Waals surface area contributed by atoms with Crippen LogP contribution in [0.2, 0.25) is 0 Å². The standard InChI is InChI=1S/C22H20N2O4/c1-15-4-7-17(8-5-15)27-12-10-24-19-9-6-16(23)13-20(19)28-21(22(24)25)14-18-3-2-11-26-18/h2-9,11,13-14H,10,12,23H2,1H3/b21-14+. The Morgan fingerprint density at radius 2 is 1.96 bits per heavy atom. The molecule has 0 radical (unpaired) electrons. The smallest absolute Gasteiger partial charge is 0.294 e. The number of aryl methyl sites for hydroxylation is 1. The molecular weight excluding hydrogens is 356 g/mol. The van der Waals surface area contributed by atoms with Gasteiger partial charge in [0.1, 0.15) is 18.1 Å². The summed E-state index contributed by atoms with van der Waals surface area (Å²) >= 11 is 0. The monoisotopic (exact) mass is 376 g/mol. The van der Waals surface area contributed by atoms with Gasteiger partial charge in [-0.3, -0.25) is 9.69 Å². The molecule has 0 saturated carbocycles. The molecule has 3 aromatic rings. The highest BCUT2D eigenvalue weighted by atomic mass is 16.5. The van der Waals surface area contributed by atoms with Gasteiger partial charge in [0.2, 0.25) is 0 Å². The van der Waals surface area contributed by atoms with E-state index in [-0.39, 0.29) is 11.7 Å². The summed E-state index contributed by atoms with van der Waals surface area (Å²) in [4.78, 5) is 14.6. The van der Waals surface area contributed by atoms with Gasteiger partial charge in [-0.15, -0.1) is 0 Å². The highest BCUT2D eigenvalue weighted by molar-refractivity contribution is 6.09. The number of fused-ring (bicyclic) bond motifs is 1. The largest absolute Gasteiger partial charge is 0.492 e. The first-order valence-corrected chi connectivity index (χ1v) is 8.94. The fourth-order valence-electron chi connectivity index (χ4n) is 2.95. The summed E-state index contributed by atoms with van der Waals surface area (Å²) in [6.07, 6.45) is 3.11. The lowest BCUT2D eigenvalue weighted by Crippen LogP contribution is -2.40. The zero-order valence-electron chi connectivity index (χ0n) is 15.4. The van der Waals surface area contributed by atoms with Crippen molar-refractivity contribution >= 4 is 23.4 Å². The Balaban J connectivity index is 1.57. The Kier molecular flexibility index (Phi) is 4.76. The number of ether oxygens (including phenoxy) is 2. The zero-order valence-corrected chi connectivity index (χ0v) is 15.4. The Hall–Kier alpha value is -3.67. The molecule has 1 aromatic heterocycles. The summed E-state index contributed by atoms with van der Waals surface area (Å²) in [6, 6.07) is 16.5. The van der Waals surface area contributed by atoms with Crippen LogP contribution in [0.3, 0.4) is 0 Å². The zero-order chi connectivity index (χ0) is 19.5. The molecule has 1 aliphatic rings. The van der Waals surface area contributed by atoms with E-state index in [1.807, 2.05) is 31.2 Å². The van der Waals surface area contributed by atoms with Crippen LogP contribution in [0, 0.1) is 6.92 Å². The van der Waals surface area contributed by atoms with E-state index in [1.165, 1.54) is 0 Å². The van der Waals surface area contributed by atoms with E-state index < -0.39 is 0 Å². The minimum atomic E-state index is -0.263. The maximum atomic E-state index is 13.0. The molecule has 0 unspecified atom stereocenters. The quantitative estimate of drug-likeness (QED) is 0.538. The molecular formula is C22H20N2O4. The number of furan rings is 1. The Morgan fingerprint density at radius 3 is 2.71 bits per heavy atom. The predicted octanol–water partition coefficient (Wildman–Crippen LogP) is 4.02. The van der Waals surface area contributed by atoms with Crippen molar-refractivity contribution in [2.75, 3.05) is 23.8 Å². The van der Waals surface area contributed by atoms with Gasteiger partial charge < -0.3 is 19.6 Å². The minimum absolute atomic E-state index is 0.170. The molecule has 6 heteroatoms. The number of nitrogens with zero attached hydrogens (tertiary/aromatic N) is 1. The third-order valence-electron chi connectivity index (χ3n) is 4.37. The topological polar surface area (TPSA) is 77.9 Å². The number of nitrogens with two attached hydrogens (primary N) is 1. The highest BCUT2D eigenvalue weighted by Crippen LogP contribution is 2.37. The van der Waals surface area contributed by atoms with Crippen molar-refractivity contribution in [3.63, 3.8) is 0 Å². The van der Waals surface area contributed by atoms with Gasteiger partial charge in [0, 0.05) is 17.8 Å². The van der Waals surface area contributed by atoms with Crippen LogP contribution in [0.1, 0.15) is 11.3 Å². The van der Waals surface area contributed by atoms with Crippen molar-refractivity contribution < 1.29 is 18.7 Å². The maximum absolute atomic E-state index is 13.0. The van der Waals surface area contributed by atoms with Gasteiger partial charge in [-0.05, 0) is 43.3 Å². The third kappa shape index (κ3) is 3.71. The Morgan fingerprint density at radius 1 is 1.14 bits per heavy atom. The molecule has 2 aromatic carbocycles. The van der Waals surface area contributed by atoms with Crippen molar-refractivity contribution in [2.45, 2.75) is 6.92 Å². The number of benzene rings is 2. The fraction of sp³-hybridized carbons (Fsp3) is 0.136. The predicted molar refractivity (Wildman–Crippen MR) is 107 cm³/mol. The first kappa shape index (κ1) is 17.7. The molecule has 6 nitrogen and oxygen atoms in total. The van der Waals surface area contributed by atoms with Gasteiger partial charge >= 0.3 is 0 Å². The van der Waals surface area contributed by atoms with Crippen LogP contribution >= 0.6 is 0 Å². The number of hydrogen-bond donors (Lipinski definition) is 1. The van der Waals surface area contributed by atoms with E-state index >= 15 is 0 Å². The maximum Gasteiger partial charge on any atom is 0.294 e. The molecule has 142 valence electrons. The molecule has 2 heterocycles. The minimum Gasteiger partial charge on any atom is -0.492 e. The van der Waals surface area contributed by atoms with E-state index in [0.717, 1.165) is 11.3 Å². The van der Waals surface area contributed by atoms with E-state index in [2.05, 4.69) is 0 Å². The second-order valence-electron chi connectivity index (χ2n) is 6.47. The lowest BCUT2D eigenvalue weighted by atomic mass is 10.2. The second kappa shape index (κ2) is 7.52. The molecule has 0 fully saturated rings. The van der Waals surface area contributed by atoms with Crippen LogP contribution in [-0.2, 0) is 4.79 Å². The molecule has 2 N–H and O–H groups in total. The number of hydrogen-bond acceptors (Lipinski definition) is 5. The summed E-state index contributed by atoms with van der Waals surface area (Å²) in [7, 11) is 0. The number of carbonyl (C=O) groups is 1. The Bertz CT molecular complexity index is 1010. The van der Waals surface area contributed by atoms with Gasteiger partial charge in [0.05, 0.1) is 18.5 Å². The van der Waals surface area contributed by atoms with E-state index in [4.69, 9.17) is 19.6 Å². The van der Waals surface area contributed by atoms with E-state index in [0.29, 0.717) is 36.0 Å². The van der Waals surface area contributed by atoms with Crippen molar-refractivity contribution in [3.05, 3.63) is 77.9 Å². The molecule has 28 heavy (non-hydrogen) atoms. The molecule has 0 spiro atoms. The van der Waals surface area contributed by atoms with E-state index in [9.17, 15) is 4.79 Å². The molecule has 0 atom stereocenters. The number of amides is 1. The molecule has 1 aliphatic heterocycles. The highest BCUT2D eigenvalue weighted by Gasteiger charge is 2.30. The van der Waals surface area contributed by atoms with Crippen LogP contribution < -0.4 is 20.1 Å². The lowest BCUT2D eigenvalue weighted by molar-refractivity contribution is -0.117. The van der Waals surface area contributed by atoms with Crippen molar-refractivity contribution in [3.8, 4) is 11.5 Å².